The maximum Gasteiger partial charge on any atom is 0.303 e. The van der Waals surface area contributed by atoms with Gasteiger partial charge in [-0.25, -0.2) is 9.97 Å². The van der Waals surface area contributed by atoms with Gasteiger partial charge in [-0.05, 0) is 98.2 Å². The Labute approximate surface area is 254 Å². The summed E-state index contributed by atoms with van der Waals surface area (Å²) in [6.45, 7) is 1.49. The molecule has 224 valence electrons. The average Bonchev–Trinajstić information content (AvgIpc) is 3.56. The second kappa shape index (κ2) is 9.38. The number of amides is 2. The number of benzene rings is 2. The van der Waals surface area contributed by atoms with E-state index in [0.717, 1.165) is 44.1 Å². The first-order chi connectivity index (χ1) is 21.2. The zero-order valence-electron chi connectivity index (χ0n) is 24.6. The van der Waals surface area contributed by atoms with E-state index in [2.05, 4.69) is 20.6 Å². The number of aromatic nitrogens is 3. The Balaban J connectivity index is 1.02. The van der Waals surface area contributed by atoms with Crippen molar-refractivity contribution in [1.82, 2.24) is 15.0 Å². The minimum absolute atomic E-state index is 0.0619. The quantitative estimate of drug-likeness (QED) is 0.234. The fourth-order valence-electron chi connectivity index (χ4n) is 9.34. The van der Waals surface area contributed by atoms with Crippen LogP contribution in [0.2, 0.25) is 0 Å². The smallest absolute Gasteiger partial charge is 0.303 e. The Morgan fingerprint density at radius 1 is 0.977 bits per heavy atom. The van der Waals surface area contributed by atoms with Crippen LogP contribution in [0.4, 0.5) is 11.5 Å². The number of aromatic amines is 1. The van der Waals surface area contributed by atoms with E-state index in [-0.39, 0.29) is 28.8 Å². The standard InChI is InChI=1S/C34H33N5O5/c1-19(40)44-32-13-20-14-33(17-22(16-32)34(33,15-20)18-32)31(42)36-23-7-8-24(27(12-23)43-2)29-37-25-9-6-21(11-26(25)38-29)30(41)39-28-5-3-4-10-35-28/h3-12,20,22H,13-18H2,1-2H3,(H,36,42)(H,37,38)(H,35,39,41)/t20-,22+,32+,33?,34?/m0/s1. The van der Waals surface area contributed by atoms with Gasteiger partial charge in [-0.3, -0.25) is 14.4 Å². The molecule has 0 saturated heterocycles. The van der Waals surface area contributed by atoms with Crippen molar-refractivity contribution in [2.24, 2.45) is 22.7 Å². The number of esters is 1. The maximum atomic E-state index is 14.0. The van der Waals surface area contributed by atoms with Gasteiger partial charge in [0.1, 0.15) is 23.0 Å². The molecule has 44 heavy (non-hydrogen) atoms. The second-order valence-corrected chi connectivity index (χ2v) is 13.1. The summed E-state index contributed by atoms with van der Waals surface area (Å²) in [6.07, 6.45) is 6.94. The molecule has 4 saturated carbocycles. The summed E-state index contributed by atoms with van der Waals surface area (Å²) in [5.74, 6) is 2.06. The highest BCUT2D eigenvalue weighted by atomic mass is 16.6. The van der Waals surface area contributed by atoms with Gasteiger partial charge in [-0.15, -0.1) is 0 Å². The summed E-state index contributed by atoms with van der Waals surface area (Å²) in [4.78, 5) is 50.9. The first-order valence-corrected chi connectivity index (χ1v) is 15.1. The minimum Gasteiger partial charge on any atom is -0.496 e. The lowest BCUT2D eigenvalue weighted by molar-refractivity contribution is -0.162. The fraction of sp³-hybridized carbons (Fsp3) is 0.382. The Bertz CT molecular complexity index is 1850. The van der Waals surface area contributed by atoms with E-state index in [4.69, 9.17) is 14.5 Å². The van der Waals surface area contributed by atoms with Crippen molar-refractivity contribution >= 4 is 40.3 Å². The molecule has 8 rings (SSSR count). The van der Waals surface area contributed by atoms with Gasteiger partial charge in [0.2, 0.25) is 5.91 Å². The molecule has 3 N–H and O–H groups in total. The van der Waals surface area contributed by atoms with Gasteiger partial charge >= 0.3 is 5.97 Å². The van der Waals surface area contributed by atoms with Gasteiger partial charge in [-0.1, -0.05) is 6.07 Å². The predicted octanol–water partition coefficient (Wildman–Crippen LogP) is 5.73. The van der Waals surface area contributed by atoms with Crippen LogP contribution in [-0.4, -0.2) is 45.4 Å². The number of pyridine rings is 1. The van der Waals surface area contributed by atoms with Crippen LogP contribution in [0.15, 0.2) is 60.8 Å². The molecule has 4 fully saturated rings. The van der Waals surface area contributed by atoms with Crippen molar-refractivity contribution < 1.29 is 23.9 Å². The summed E-state index contributed by atoms with van der Waals surface area (Å²) in [5, 5.41) is 6.02. The molecular weight excluding hydrogens is 558 g/mol. The van der Waals surface area contributed by atoms with Gasteiger partial charge < -0.3 is 25.1 Å². The molecule has 2 aromatic heterocycles. The molecule has 1 spiro atoms. The molecule has 4 aliphatic rings. The van der Waals surface area contributed by atoms with Crippen molar-refractivity contribution in [3.63, 3.8) is 0 Å². The van der Waals surface area contributed by atoms with Crippen molar-refractivity contribution in [2.45, 2.75) is 51.0 Å². The third-order valence-electron chi connectivity index (χ3n) is 10.7. The fourth-order valence-corrected chi connectivity index (χ4v) is 9.34. The number of rotatable bonds is 7. The number of hydrogen-bond donors (Lipinski definition) is 3. The van der Waals surface area contributed by atoms with E-state index in [9.17, 15) is 14.4 Å². The number of nitrogens with one attached hydrogen (secondary N) is 3. The van der Waals surface area contributed by atoms with Crippen LogP contribution >= 0.6 is 0 Å². The molecule has 2 aromatic carbocycles. The van der Waals surface area contributed by atoms with E-state index in [0.29, 0.717) is 51.5 Å². The third-order valence-corrected chi connectivity index (χ3v) is 10.7. The highest BCUT2D eigenvalue weighted by Crippen LogP contribution is 2.82. The minimum atomic E-state index is -0.411. The normalized spacial score (nSPS) is 29.1. The molecule has 2 unspecified atom stereocenters. The second-order valence-electron chi connectivity index (χ2n) is 13.1. The van der Waals surface area contributed by atoms with E-state index in [1.807, 2.05) is 24.3 Å². The lowest BCUT2D eigenvalue weighted by Crippen LogP contribution is -2.58. The summed E-state index contributed by atoms with van der Waals surface area (Å²) in [7, 11) is 1.59. The van der Waals surface area contributed by atoms with E-state index in [1.165, 1.54) is 6.92 Å². The van der Waals surface area contributed by atoms with Crippen LogP contribution < -0.4 is 15.4 Å². The Hall–Kier alpha value is -4.73. The molecule has 5 atom stereocenters. The summed E-state index contributed by atoms with van der Waals surface area (Å²) >= 11 is 0. The molecule has 2 heterocycles. The van der Waals surface area contributed by atoms with Crippen molar-refractivity contribution in [1.29, 1.82) is 0 Å². The summed E-state index contributed by atoms with van der Waals surface area (Å²) < 4.78 is 11.7. The summed E-state index contributed by atoms with van der Waals surface area (Å²) in [6, 6.07) is 16.2. The average molecular weight is 592 g/mol. The van der Waals surface area contributed by atoms with Gasteiger partial charge in [0.05, 0.1) is 29.1 Å². The predicted molar refractivity (Wildman–Crippen MR) is 163 cm³/mol. The monoisotopic (exact) mass is 591 g/mol. The first-order valence-electron chi connectivity index (χ1n) is 15.1. The third kappa shape index (κ3) is 3.89. The van der Waals surface area contributed by atoms with E-state index in [1.54, 1.807) is 43.6 Å². The highest BCUT2D eigenvalue weighted by molar-refractivity contribution is 6.05. The number of carbonyl (C=O) groups is 3. The number of fused-ring (bicyclic) bond motifs is 3. The molecule has 4 aliphatic carbocycles. The number of nitrogens with zero attached hydrogens (tertiary/aromatic N) is 2. The van der Waals surface area contributed by atoms with Gasteiger partial charge in [0, 0.05) is 30.4 Å². The molecule has 4 aromatic rings. The lowest BCUT2D eigenvalue weighted by Gasteiger charge is -2.57. The van der Waals surface area contributed by atoms with Crippen LogP contribution in [-0.2, 0) is 14.3 Å². The summed E-state index contributed by atoms with van der Waals surface area (Å²) in [5.41, 5.74) is 2.43. The van der Waals surface area contributed by atoms with Crippen LogP contribution in [0.25, 0.3) is 22.4 Å². The Morgan fingerprint density at radius 2 is 1.86 bits per heavy atom. The maximum absolute atomic E-state index is 14.0. The van der Waals surface area contributed by atoms with Crippen LogP contribution in [0.5, 0.6) is 5.75 Å². The van der Waals surface area contributed by atoms with Crippen molar-refractivity contribution in [3.05, 3.63) is 66.4 Å². The Kier molecular flexibility index (Phi) is 5.73. The SMILES string of the molecule is COc1cc(NC(=O)C23C[C@H]4CC25C[C@@](OC(C)=O)(C4)C[C@@H]5C3)ccc1-c1nc2ccc(C(=O)Nc3ccccn3)cc2[nH]1. The molecule has 2 amide bonds. The molecule has 10 nitrogen and oxygen atoms in total. The zero-order valence-corrected chi connectivity index (χ0v) is 24.6. The topological polar surface area (TPSA) is 135 Å². The number of H-pyrrole nitrogens is 1. The van der Waals surface area contributed by atoms with Gasteiger partial charge in [-0.2, -0.15) is 0 Å². The van der Waals surface area contributed by atoms with E-state index < -0.39 is 5.41 Å². The lowest BCUT2D eigenvalue weighted by atomic mass is 9.46. The van der Waals surface area contributed by atoms with Gasteiger partial charge in [0.15, 0.2) is 0 Å². The van der Waals surface area contributed by atoms with Crippen LogP contribution in [0.1, 0.15) is 55.8 Å². The van der Waals surface area contributed by atoms with Gasteiger partial charge in [0.25, 0.3) is 5.91 Å². The molecule has 3 bridgehead atoms. The van der Waals surface area contributed by atoms with Crippen molar-refractivity contribution in [2.75, 3.05) is 17.7 Å². The molecule has 0 aliphatic heterocycles. The largest absolute Gasteiger partial charge is 0.496 e. The first kappa shape index (κ1) is 26.9. The highest BCUT2D eigenvalue weighted by Gasteiger charge is 2.80. The van der Waals surface area contributed by atoms with E-state index >= 15 is 0 Å². The van der Waals surface area contributed by atoms with Crippen molar-refractivity contribution in [3.8, 4) is 17.1 Å². The number of carbonyl (C=O) groups excluding carboxylic acids is 3. The number of methoxy groups -OCH3 is 1. The molecule has 0 radical (unpaired) electrons. The number of imidazole rings is 1. The molecular formula is C34H33N5O5. The van der Waals surface area contributed by atoms with Crippen LogP contribution in [0, 0.1) is 22.7 Å². The zero-order chi connectivity index (χ0) is 30.3. The number of hydrogen-bond acceptors (Lipinski definition) is 7. The number of anilines is 2. The molecule has 10 heteroatoms. The van der Waals surface area contributed by atoms with Crippen LogP contribution in [0.3, 0.4) is 0 Å². The number of ether oxygens (including phenoxy) is 2. The Morgan fingerprint density at radius 3 is 2.66 bits per heavy atom.